The predicted octanol–water partition coefficient (Wildman–Crippen LogP) is 0.229. The highest BCUT2D eigenvalue weighted by molar-refractivity contribution is 7.99. The molecule has 9 heteroatoms. The molecule has 2 heterocycles. The van der Waals surface area contributed by atoms with Crippen molar-refractivity contribution < 1.29 is 14.3 Å². The zero-order valence-electron chi connectivity index (χ0n) is 10.6. The molecular formula is C11H11N5O3S. The molecule has 0 spiro atoms. The summed E-state index contributed by atoms with van der Waals surface area (Å²) in [5, 5.41) is 14.5. The molecule has 0 saturated heterocycles. The molecule has 0 fully saturated rings. The van der Waals surface area contributed by atoms with Crippen molar-refractivity contribution in [1.82, 2.24) is 25.5 Å². The number of carbonyl (C=O) groups excluding carboxylic acids is 1. The summed E-state index contributed by atoms with van der Waals surface area (Å²) in [6.45, 7) is 0.215. The molecule has 1 aliphatic rings. The van der Waals surface area contributed by atoms with Crippen LogP contribution >= 0.6 is 11.8 Å². The molecule has 1 aliphatic heterocycles. The Labute approximate surface area is 118 Å². The van der Waals surface area contributed by atoms with Crippen LogP contribution in [0, 0.1) is 0 Å². The molecule has 0 bridgehead atoms. The number of fused-ring (bicyclic) bond motifs is 1. The second-order valence-corrected chi connectivity index (χ2v) is 4.82. The molecule has 0 saturated carbocycles. The van der Waals surface area contributed by atoms with Crippen molar-refractivity contribution >= 4 is 17.7 Å². The van der Waals surface area contributed by atoms with Crippen molar-refractivity contribution in [3.8, 4) is 17.2 Å². The SMILES string of the molecule is CNC(=O)CSc1nnnn1-c1ccc2c(c1)OCO2. The van der Waals surface area contributed by atoms with Crippen LogP contribution in [-0.4, -0.2) is 45.7 Å². The molecule has 104 valence electrons. The predicted molar refractivity (Wildman–Crippen MR) is 70.1 cm³/mol. The lowest BCUT2D eigenvalue weighted by Crippen LogP contribution is -2.20. The summed E-state index contributed by atoms with van der Waals surface area (Å²) in [5.74, 6) is 1.51. The number of benzene rings is 1. The minimum absolute atomic E-state index is 0.0877. The summed E-state index contributed by atoms with van der Waals surface area (Å²) in [4.78, 5) is 11.3. The highest BCUT2D eigenvalue weighted by atomic mass is 32.2. The fourth-order valence-electron chi connectivity index (χ4n) is 1.65. The van der Waals surface area contributed by atoms with E-state index >= 15 is 0 Å². The van der Waals surface area contributed by atoms with Gasteiger partial charge in [-0.05, 0) is 22.6 Å². The maximum Gasteiger partial charge on any atom is 0.231 e. The third kappa shape index (κ3) is 2.39. The summed E-state index contributed by atoms with van der Waals surface area (Å²) in [6, 6.07) is 5.42. The van der Waals surface area contributed by atoms with E-state index in [2.05, 4.69) is 20.8 Å². The van der Waals surface area contributed by atoms with Gasteiger partial charge in [-0.3, -0.25) is 4.79 Å². The quantitative estimate of drug-likeness (QED) is 0.807. The summed E-state index contributed by atoms with van der Waals surface area (Å²) in [7, 11) is 1.59. The molecule has 0 aliphatic carbocycles. The molecule has 0 radical (unpaired) electrons. The second kappa shape index (κ2) is 5.37. The second-order valence-electron chi connectivity index (χ2n) is 3.87. The van der Waals surface area contributed by atoms with Gasteiger partial charge in [-0.2, -0.15) is 4.68 Å². The average Bonchev–Trinajstić information content (AvgIpc) is 3.12. The number of carbonyl (C=O) groups is 1. The largest absolute Gasteiger partial charge is 0.454 e. The minimum atomic E-state index is -0.0877. The number of nitrogens with one attached hydrogen (secondary N) is 1. The van der Waals surface area contributed by atoms with Crippen molar-refractivity contribution in [3.05, 3.63) is 18.2 Å². The first kappa shape index (κ1) is 12.7. The Hall–Kier alpha value is -2.29. The molecule has 1 N–H and O–H groups in total. The van der Waals surface area contributed by atoms with Gasteiger partial charge in [0.2, 0.25) is 17.9 Å². The van der Waals surface area contributed by atoms with Gasteiger partial charge < -0.3 is 14.8 Å². The van der Waals surface area contributed by atoms with Gasteiger partial charge in [0.15, 0.2) is 11.5 Å². The van der Waals surface area contributed by atoms with E-state index in [1.165, 1.54) is 11.8 Å². The van der Waals surface area contributed by atoms with Crippen molar-refractivity contribution in [1.29, 1.82) is 0 Å². The van der Waals surface area contributed by atoms with Gasteiger partial charge in [-0.1, -0.05) is 11.8 Å². The lowest BCUT2D eigenvalue weighted by Gasteiger charge is -2.05. The highest BCUT2D eigenvalue weighted by Gasteiger charge is 2.16. The van der Waals surface area contributed by atoms with Crippen molar-refractivity contribution in [3.63, 3.8) is 0 Å². The van der Waals surface area contributed by atoms with Crippen molar-refractivity contribution in [2.75, 3.05) is 19.6 Å². The molecular weight excluding hydrogens is 282 g/mol. The van der Waals surface area contributed by atoms with Crippen LogP contribution < -0.4 is 14.8 Å². The molecule has 3 rings (SSSR count). The van der Waals surface area contributed by atoms with E-state index in [4.69, 9.17) is 9.47 Å². The van der Waals surface area contributed by atoms with Crippen LogP contribution in [0.2, 0.25) is 0 Å². The summed E-state index contributed by atoms with van der Waals surface area (Å²) >= 11 is 1.26. The lowest BCUT2D eigenvalue weighted by atomic mass is 10.3. The summed E-state index contributed by atoms with van der Waals surface area (Å²) < 4.78 is 12.1. The Morgan fingerprint density at radius 1 is 1.45 bits per heavy atom. The standard InChI is InChI=1S/C11H11N5O3S/c1-12-10(17)5-20-11-13-14-15-16(11)7-2-3-8-9(4-7)19-6-18-8/h2-4H,5-6H2,1H3,(H,12,17). The Morgan fingerprint density at radius 3 is 3.15 bits per heavy atom. The maximum absolute atomic E-state index is 11.3. The van der Waals surface area contributed by atoms with Crippen LogP contribution in [0.25, 0.3) is 5.69 Å². The van der Waals surface area contributed by atoms with Gasteiger partial charge in [0, 0.05) is 13.1 Å². The first-order valence-corrected chi connectivity index (χ1v) is 6.78. The van der Waals surface area contributed by atoms with Gasteiger partial charge in [0.25, 0.3) is 0 Å². The third-order valence-corrected chi connectivity index (χ3v) is 3.57. The summed E-state index contributed by atoms with van der Waals surface area (Å²) in [5.41, 5.74) is 0.749. The first-order valence-electron chi connectivity index (χ1n) is 5.79. The third-order valence-electron chi connectivity index (χ3n) is 2.65. The van der Waals surface area contributed by atoms with Crippen LogP contribution in [0.1, 0.15) is 0 Å². The highest BCUT2D eigenvalue weighted by Crippen LogP contribution is 2.34. The zero-order valence-corrected chi connectivity index (χ0v) is 11.4. The number of ether oxygens (including phenoxy) is 2. The van der Waals surface area contributed by atoms with E-state index in [1.54, 1.807) is 23.9 Å². The van der Waals surface area contributed by atoms with E-state index in [1.807, 2.05) is 6.07 Å². The Balaban J connectivity index is 1.84. The number of hydrogen-bond acceptors (Lipinski definition) is 7. The van der Waals surface area contributed by atoms with Crippen molar-refractivity contribution in [2.45, 2.75) is 5.16 Å². The van der Waals surface area contributed by atoms with Crippen LogP contribution in [0.15, 0.2) is 23.4 Å². The number of amides is 1. The fourth-order valence-corrected chi connectivity index (χ4v) is 2.41. The number of aromatic nitrogens is 4. The van der Waals surface area contributed by atoms with Gasteiger partial charge in [-0.25, -0.2) is 0 Å². The van der Waals surface area contributed by atoms with Crippen molar-refractivity contribution in [2.24, 2.45) is 0 Å². The van der Waals surface area contributed by atoms with Crippen LogP contribution in [0.5, 0.6) is 11.5 Å². The van der Waals surface area contributed by atoms with Gasteiger partial charge in [0.05, 0.1) is 11.4 Å². The number of hydrogen-bond donors (Lipinski definition) is 1. The molecule has 1 amide bonds. The lowest BCUT2D eigenvalue weighted by molar-refractivity contribution is -0.118. The zero-order chi connectivity index (χ0) is 13.9. The molecule has 8 nitrogen and oxygen atoms in total. The Kier molecular flexibility index (Phi) is 3.42. The molecule has 0 unspecified atom stereocenters. The monoisotopic (exact) mass is 293 g/mol. The Bertz CT molecular complexity index is 645. The number of nitrogens with zero attached hydrogens (tertiary/aromatic N) is 4. The van der Waals surface area contributed by atoms with E-state index in [0.29, 0.717) is 16.7 Å². The van der Waals surface area contributed by atoms with Gasteiger partial charge in [0.1, 0.15) is 0 Å². The number of rotatable bonds is 4. The minimum Gasteiger partial charge on any atom is -0.454 e. The molecule has 0 atom stereocenters. The average molecular weight is 293 g/mol. The van der Waals surface area contributed by atoms with E-state index < -0.39 is 0 Å². The van der Waals surface area contributed by atoms with Gasteiger partial charge >= 0.3 is 0 Å². The van der Waals surface area contributed by atoms with Crippen LogP contribution in [-0.2, 0) is 4.79 Å². The summed E-state index contributed by atoms with van der Waals surface area (Å²) in [6.07, 6.45) is 0. The maximum atomic E-state index is 11.3. The fraction of sp³-hybridized carbons (Fsp3) is 0.273. The van der Waals surface area contributed by atoms with Crippen LogP contribution in [0.4, 0.5) is 0 Å². The number of thioether (sulfide) groups is 1. The van der Waals surface area contributed by atoms with Gasteiger partial charge in [-0.15, -0.1) is 5.10 Å². The molecule has 1 aromatic carbocycles. The molecule has 1 aromatic heterocycles. The van der Waals surface area contributed by atoms with E-state index in [0.717, 1.165) is 5.69 Å². The van der Waals surface area contributed by atoms with Crippen LogP contribution in [0.3, 0.4) is 0 Å². The van der Waals surface area contributed by atoms with E-state index in [-0.39, 0.29) is 18.5 Å². The smallest absolute Gasteiger partial charge is 0.231 e. The first-order chi connectivity index (χ1) is 9.78. The number of tetrazole rings is 1. The molecule has 2 aromatic rings. The molecule has 20 heavy (non-hydrogen) atoms. The topological polar surface area (TPSA) is 91.2 Å². The Morgan fingerprint density at radius 2 is 2.30 bits per heavy atom. The normalized spacial score (nSPS) is 12.4. The van der Waals surface area contributed by atoms with E-state index in [9.17, 15) is 4.79 Å².